The molecule has 3 heteroatoms. The summed E-state index contributed by atoms with van der Waals surface area (Å²) in [5.41, 5.74) is 4.63. The molecule has 0 radical (unpaired) electrons. The minimum atomic E-state index is 0.374. The Morgan fingerprint density at radius 3 is 2.37 bits per heavy atom. The average Bonchev–Trinajstić information content (AvgIpc) is 2.39. The lowest BCUT2D eigenvalue weighted by Crippen LogP contribution is -1.98. The number of hydrogen-bond donors (Lipinski definition) is 0. The average molecular weight is 252 g/mol. The van der Waals surface area contributed by atoms with Gasteiger partial charge in [0.25, 0.3) is 0 Å². The molecule has 2 rings (SSSR count). The molecule has 3 nitrogen and oxygen atoms in total. The van der Waals surface area contributed by atoms with Crippen LogP contribution in [0.1, 0.15) is 27.8 Å². The molecular formula is C16H16N2O. The second kappa shape index (κ2) is 5.11. The van der Waals surface area contributed by atoms with Crippen molar-refractivity contribution >= 4 is 0 Å². The van der Waals surface area contributed by atoms with E-state index >= 15 is 0 Å². The number of ether oxygens (including phenoxy) is 1. The highest BCUT2D eigenvalue weighted by atomic mass is 16.5. The van der Waals surface area contributed by atoms with Crippen LogP contribution in [0.2, 0.25) is 0 Å². The van der Waals surface area contributed by atoms with E-state index in [9.17, 15) is 5.26 Å². The molecule has 2 aromatic rings. The van der Waals surface area contributed by atoms with Gasteiger partial charge >= 0.3 is 0 Å². The molecule has 0 aliphatic rings. The topological polar surface area (TPSA) is 45.9 Å². The fourth-order valence-corrected chi connectivity index (χ4v) is 1.93. The largest absolute Gasteiger partial charge is 0.437 e. The first kappa shape index (κ1) is 13.1. The molecule has 0 saturated heterocycles. The second-order valence-corrected chi connectivity index (χ2v) is 4.68. The Morgan fingerprint density at radius 2 is 1.68 bits per heavy atom. The van der Waals surface area contributed by atoms with Gasteiger partial charge in [-0.15, -0.1) is 0 Å². The van der Waals surface area contributed by atoms with Crippen LogP contribution in [0.5, 0.6) is 11.6 Å². The molecule has 0 unspecified atom stereocenters. The summed E-state index contributed by atoms with van der Waals surface area (Å²) < 4.78 is 5.89. The molecule has 1 aromatic heterocycles. The fourth-order valence-electron chi connectivity index (χ4n) is 1.93. The summed E-state index contributed by atoms with van der Waals surface area (Å²) in [6, 6.07) is 8.03. The SMILES string of the molecule is Cc1ccc(C)c(Oc2nccc(C)c2C#N)c1C. The minimum Gasteiger partial charge on any atom is -0.437 e. The Hall–Kier alpha value is -2.34. The molecule has 0 amide bonds. The van der Waals surface area contributed by atoms with E-state index in [-0.39, 0.29) is 0 Å². The minimum absolute atomic E-state index is 0.374. The zero-order valence-electron chi connectivity index (χ0n) is 11.6. The van der Waals surface area contributed by atoms with Crippen molar-refractivity contribution in [1.82, 2.24) is 4.98 Å². The van der Waals surface area contributed by atoms with Gasteiger partial charge in [0, 0.05) is 6.20 Å². The van der Waals surface area contributed by atoms with Crippen molar-refractivity contribution in [2.45, 2.75) is 27.7 Å². The summed E-state index contributed by atoms with van der Waals surface area (Å²) in [5.74, 6) is 1.16. The van der Waals surface area contributed by atoms with Crippen molar-refractivity contribution in [3.63, 3.8) is 0 Å². The van der Waals surface area contributed by atoms with E-state index in [0.717, 1.165) is 28.0 Å². The number of hydrogen-bond acceptors (Lipinski definition) is 3. The lowest BCUT2D eigenvalue weighted by molar-refractivity contribution is 0.453. The van der Waals surface area contributed by atoms with Gasteiger partial charge in [-0.05, 0) is 56.0 Å². The summed E-state index contributed by atoms with van der Waals surface area (Å²) in [4.78, 5) is 4.17. The summed E-state index contributed by atoms with van der Waals surface area (Å²) in [6.45, 7) is 7.92. The lowest BCUT2D eigenvalue weighted by atomic mass is 10.1. The molecule has 1 heterocycles. The molecule has 0 aliphatic heterocycles. The van der Waals surface area contributed by atoms with E-state index in [1.165, 1.54) is 0 Å². The van der Waals surface area contributed by atoms with Crippen LogP contribution in [-0.2, 0) is 0 Å². The maximum atomic E-state index is 9.20. The summed E-state index contributed by atoms with van der Waals surface area (Å²) in [5, 5.41) is 9.20. The van der Waals surface area contributed by atoms with E-state index < -0.39 is 0 Å². The lowest BCUT2D eigenvalue weighted by Gasteiger charge is -2.14. The predicted octanol–water partition coefficient (Wildman–Crippen LogP) is 3.98. The smallest absolute Gasteiger partial charge is 0.237 e. The van der Waals surface area contributed by atoms with Gasteiger partial charge in [-0.3, -0.25) is 0 Å². The number of pyridine rings is 1. The van der Waals surface area contributed by atoms with Gasteiger partial charge in [0.05, 0.1) is 0 Å². The fraction of sp³-hybridized carbons (Fsp3) is 0.250. The Bertz CT molecular complexity index is 669. The van der Waals surface area contributed by atoms with Crippen LogP contribution < -0.4 is 4.74 Å². The summed E-state index contributed by atoms with van der Waals surface area (Å²) >= 11 is 0. The highest BCUT2D eigenvalue weighted by Crippen LogP contribution is 2.31. The van der Waals surface area contributed by atoms with Crippen LogP contribution in [0.4, 0.5) is 0 Å². The molecule has 19 heavy (non-hydrogen) atoms. The number of nitriles is 1. The van der Waals surface area contributed by atoms with Crippen molar-refractivity contribution in [2.75, 3.05) is 0 Å². The zero-order valence-corrected chi connectivity index (χ0v) is 11.6. The Labute approximate surface area is 113 Å². The molecule has 0 aliphatic carbocycles. The van der Waals surface area contributed by atoms with E-state index in [2.05, 4.69) is 17.1 Å². The molecule has 0 spiro atoms. The van der Waals surface area contributed by atoms with Gasteiger partial charge in [0.15, 0.2) is 0 Å². The molecule has 0 atom stereocenters. The Kier molecular flexibility index (Phi) is 3.52. The molecule has 0 fully saturated rings. The van der Waals surface area contributed by atoms with Gasteiger partial charge in [-0.1, -0.05) is 12.1 Å². The third-order valence-electron chi connectivity index (χ3n) is 3.31. The maximum absolute atomic E-state index is 9.20. The van der Waals surface area contributed by atoms with Crippen LogP contribution in [0.25, 0.3) is 0 Å². The van der Waals surface area contributed by atoms with Gasteiger partial charge in [-0.2, -0.15) is 5.26 Å². The number of aromatic nitrogens is 1. The molecule has 96 valence electrons. The first-order valence-corrected chi connectivity index (χ1v) is 6.15. The predicted molar refractivity (Wildman–Crippen MR) is 74.4 cm³/mol. The van der Waals surface area contributed by atoms with E-state index in [1.54, 1.807) is 12.3 Å². The molecule has 0 bridgehead atoms. The standard InChI is InChI=1S/C16H16N2O/c1-10-5-6-12(3)15(13(10)4)19-16-14(9-17)11(2)7-8-18-16/h5-8H,1-4H3. The molecule has 0 N–H and O–H groups in total. The van der Waals surface area contributed by atoms with E-state index in [4.69, 9.17) is 4.74 Å². The molecular weight excluding hydrogens is 236 g/mol. The Balaban J connectivity index is 2.52. The van der Waals surface area contributed by atoms with E-state index in [0.29, 0.717) is 11.4 Å². The van der Waals surface area contributed by atoms with Crippen LogP contribution >= 0.6 is 0 Å². The monoisotopic (exact) mass is 252 g/mol. The van der Waals surface area contributed by atoms with Crippen LogP contribution in [0.3, 0.4) is 0 Å². The van der Waals surface area contributed by atoms with Gasteiger partial charge in [0.2, 0.25) is 5.88 Å². The quantitative estimate of drug-likeness (QED) is 0.812. The van der Waals surface area contributed by atoms with Crippen LogP contribution in [0.15, 0.2) is 24.4 Å². The highest BCUT2D eigenvalue weighted by Gasteiger charge is 2.13. The third-order valence-corrected chi connectivity index (χ3v) is 3.31. The summed E-state index contributed by atoms with van der Waals surface area (Å²) in [7, 11) is 0. The van der Waals surface area contributed by atoms with Crippen LogP contribution in [0, 0.1) is 39.0 Å². The number of aryl methyl sites for hydroxylation is 3. The first-order chi connectivity index (χ1) is 9.04. The van der Waals surface area contributed by atoms with Gasteiger partial charge in [-0.25, -0.2) is 4.98 Å². The number of benzene rings is 1. The van der Waals surface area contributed by atoms with E-state index in [1.807, 2.05) is 33.8 Å². The first-order valence-electron chi connectivity index (χ1n) is 6.15. The molecule has 1 aromatic carbocycles. The van der Waals surface area contributed by atoms with Gasteiger partial charge < -0.3 is 4.74 Å². The number of nitrogens with zero attached hydrogens (tertiary/aromatic N) is 2. The normalized spacial score (nSPS) is 10.1. The highest BCUT2D eigenvalue weighted by molar-refractivity contribution is 5.50. The molecule has 0 saturated carbocycles. The second-order valence-electron chi connectivity index (χ2n) is 4.68. The number of rotatable bonds is 2. The Morgan fingerprint density at radius 1 is 1.00 bits per heavy atom. The van der Waals surface area contributed by atoms with Crippen molar-refractivity contribution in [1.29, 1.82) is 5.26 Å². The van der Waals surface area contributed by atoms with Crippen molar-refractivity contribution < 1.29 is 4.74 Å². The third kappa shape index (κ3) is 2.43. The van der Waals surface area contributed by atoms with Crippen molar-refractivity contribution in [3.8, 4) is 17.7 Å². The van der Waals surface area contributed by atoms with Gasteiger partial charge in [0.1, 0.15) is 17.4 Å². The van der Waals surface area contributed by atoms with Crippen LogP contribution in [-0.4, -0.2) is 4.98 Å². The van der Waals surface area contributed by atoms with Crippen molar-refractivity contribution in [2.24, 2.45) is 0 Å². The summed E-state index contributed by atoms with van der Waals surface area (Å²) in [6.07, 6.45) is 1.66. The zero-order chi connectivity index (χ0) is 14.0. The maximum Gasteiger partial charge on any atom is 0.237 e. The van der Waals surface area contributed by atoms with Crippen molar-refractivity contribution in [3.05, 3.63) is 52.2 Å².